The summed E-state index contributed by atoms with van der Waals surface area (Å²) in [6, 6.07) is 0. The minimum atomic E-state index is -1.38. The molecular weight excluding hydrogens is 262 g/mol. The molecule has 6 heteroatoms. The molecule has 1 aliphatic carbocycles. The van der Waals surface area contributed by atoms with Crippen LogP contribution in [0.25, 0.3) is 0 Å². The molecule has 1 atom stereocenters. The Balaban J connectivity index is 2.61. The van der Waals surface area contributed by atoms with Gasteiger partial charge in [-0.2, -0.15) is 0 Å². The molecule has 0 radical (unpaired) electrons. The van der Waals surface area contributed by atoms with Crippen molar-refractivity contribution in [2.45, 2.75) is 57.5 Å². The number of amides is 1. The highest BCUT2D eigenvalue weighted by atomic mass is 16.4. The van der Waals surface area contributed by atoms with Gasteiger partial charge in [0.2, 0.25) is 5.91 Å². The average molecular weight is 287 g/mol. The fraction of sp³-hybridized carbons (Fsp3) is 0.857. The van der Waals surface area contributed by atoms with Crippen LogP contribution >= 0.6 is 0 Å². The van der Waals surface area contributed by atoms with Crippen molar-refractivity contribution < 1.29 is 24.9 Å². The quantitative estimate of drug-likeness (QED) is 0.537. The standard InChI is InChI=1S/C14H25NO5/c1-13(20,10-16)9-15-11(17)8-14(12(18)19)6-4-2-3-5-7-14/h16,20H,2-10H2,1H3,(H,15,17)(H,18,19). The van der Waals surface area contributed by atoms with Crippen LogP contribution in [-0.2, 0) is 9.59 Å². The molecule has 1 aliphatic rings. The first-order valence-corrected chi connectivity index (χ1v) is 7.15. The van der Waals surface area contributed by atoms with Gasteiger partial charge in [0, 0.05) is 13.0 Å². The van der Waals surface area contributed by atoms with Crippen LogP contribution in [0.1, 0.15) is 51.9 Å². The number of hydrogen-bond acceptors (Lipinski definition) is 4. The van der Waals surface area contributed by atoms with Crippen molar-refractivity contribution in [1.82, 2.24) is 5.32 Å². The molecular formula is C14H25NO5. The van der Waals surface area contributed by atoms with Crippen molar-refractivity contribution >= 4 is 11.9 Å². The lowest BCUT2D eigenvalue weighted by atomic mass is 9.77. The molecule has 1 fully saturated rings. The van der Waals surface area contributed by atoms with Gasteiger partial charge in [-0.1, -0.05) is 25.7 Å². The van der Waals surface area contributed by atoms with Crippen LogP contribution in [0.3, 0.4) is 0 Å². The number of carbonyl (C=O) groups excluding carboxylic acids is 1. The first-order chi connectivity index (χ1) is 9.31. The molecule has 0 heterocycles. The first-order valence-electron chi connectivity index (χ1n) is 7.15. The third kappa shape index (κ3) is 4.76. The average Bonchev–Trinajstić information content (AvgIpc) is 2.63. The van der Waals surface area contributed by atoms with Crippen molar-refractivity contribution in [3.63, 3.8) is 0 Å². The molecule has 4 N–H and O–H groups in total. The van der Waals surface area contributed by atoms with Crippen LogP contribution in [0, 0.1) is 5.41 Å². The van der Waals surface area contributed by atoms with Gasteiger partial charge in [-0.3, -0.25) is 9.59 Å². The highest BCUT2D eigenvalue weighted by Crippen LogP contribution is 2.38. The zero-order valence-electron chi connectivity index (χ0n) is 12.0. The van der Waals surface area contributed by atoms with Crippen molar-refractivity contribution in [2.75, 3.05) is 13.2 Å². The maximum absolute atomic E-state index is 11.9. The first kappa shape index (κ1) is 16.9. The number of aliphatic hydroxyl groups is 2. The lowest BCUT2D eigenvalue weighted by Crippen LogP contribution is -2.45. The zero-order chi connectivity index (χ0) is 15.2. The molecule has 1 rings (SSSR count). The molecule has 0 spiro atoms. The van der Waals surface area contributed by atoms with Crippen LogP contribution in [-0.4, -0.2) is 45.9 Å². The van der Waals surface area contributed by atoms with Gasteiger partial charge in [0.05, 0.1) is 12.0 Å². The van der Waals surface area contributed by atoms with Gasteiger partial charge < -0.3 is 20.6 Å². The number of hydrogen-bond donors (Lipinski definition) is 4. The summed E-state index contributed by atoms with van der Waals surface area (Å²) in [7, 11) is 0. The minimum Gasteiger partial charge on any atom is -0.481 e. The van der Waals surface area contributed by atoms with Gasteiger partial charge >= 0.3 is 5.97 Å². The van der Waals surface area contributed by atoms with E-state index in [1.807, 2.05) is 0 Å². The summed E-state index contributed by atoms with van der Waals surface area (Å²) in [6.07, 6.45) is 4.65. The van der Waals surface area contributed by atoms with Crippen LogP contribution in [0.5, 0.6) is 0 Å². The maximum Gasteiger partial charge on any atom is 0.310 e. The van der Waals surface area contributed by atoms with Crippen LogP contribution < -0.4 is 5.32 Å². The minimum absolute atomic E-state index is 0.0656. The fourth-order valence-corrected chi connectivity index (χ4v) is 2.59. The second-order valence-electron chi connectivity index (χ2n) is 6.11. The molecule has 20 heavy (non-hydrogen) atoms. The Morgan fingerprint density at radius 2 is 1.75 bits per heavy atom. The second-order valence-corrected chi connectivity index (χ2v) is 6.11. The Morgan fingerprint density at radius 1 is 1.20 bits per heavy atom. The highest BCUT2D eigenvalue weighted by Gasteiger charge is 2.40. The number of carboxylic acids is 1. The Bertz CT molecular complexity index is 345. The summed E-state index contributed by atoms with van der Waals surface area (Å²) < 4.78 is 0. The molecule has 1 amide bonds. The van der Waals surface area contributed by atoms with E-state index in [2.05, 4.69) is 5.32 Å². The monoisotopic (exact) mass is 287 g/mol. The maximum atomic E-state index is 11.9. The van der Waals surface area contributed by atoms with Crippen molar-refractivity contribution in [2.24, 2.45) is 5.41 Å². The van der Waals surface area contributed by atoms with Crippen molar-refractivity contribution in [3.8, 4) is 0 Å². The molecule has 1 unspecified atom stereocenters. The Labute approximate surface area is 119 Å². The number of carboxylic acid groups (broad SMARTS) is 1. The summed E-state index contributed by atoms with van der Waals surface area (Å²) in [4.78, 5) is 23.5. The molecule has 0 aromatic heterocycles. The normalized spacial score (nSPS) is 21.6. The van der Waals surface area contributed by atoms with Crippen LogP contribution in [0.15, 0.2) is 0 Å². The molecule has 0 bridgehead atoms. The molecule has 0 aromatic carbocycles. The summed E-state index contributed by atoms with van der Waals surface area (Å²) in [6.45, 7) is 0.862. The molecule has 0 aromatic rings. The van der Waals surface area contributed by atoms with E-state index in [1.165, 1.54) is 6.92 Å². The van der Waals surface area contributed by atoms with Gasteiger partial charge in [-0.05, 0) is 19.8 Å². The largest absolute Gasteiger partial charge is 0.481 e. The van der Waals surface area contributed by atoms with Gasteiger partial charge in [0.1, 0.15) is 5.60 Å². The molecule has 1 saturated carbocycles. The van der Waals surface area contributed by atoms with Crippen LogP contribution in [0.4, 0.5) is 0 Å². The molecule has 6 nitrogen and oxygen atoms in total. The van der Waals surface area contributed by atoms with E-state index < -0.39 is 23.6 Å². The summed E-state index contributed by atoms with van der Waals surface area (Å²) >= 11 is 0. The summed E-state index contributed by atoms with van der Waals surface area (Å²) in [5.41, 5.74) is -2.36. The Kier molecular flexibility index (Phi) is 5.95. The van der Waals surface area contributed by atoms with E-state index in [0.717, 1.165) is 25.7 Å². The van der Waals surface area contributed by atoms with E-state index in [9.17, 15) is 19.8 Å². The number of aliphatic hydroxyl groups excluding tert-OH is 1. The Morgan fingerprint density at radius 3 is 2.20 bits per heavy atom. The predicted octanol–water partition coefficient (Wildman–Crippen LogP) is 0.661. The van der Waals surface area contributed by atoms with Gasteiger partial charge in [0.15, 0.2) is 0 Å². The van der Waals surface area contributed by atoms with E-state index in [1.54, 1.807) is 0 Å². The highest BCUT2D eigenvalue weighted by molar-refractivity contribution is 5.85. The number of nitrogens with one attached hydrogen (secondary N) is 1. The van der Waals surface area contributed by atoms with Crippen molar-refractivity contribution in [1.29, 1.82) is 0 Å². The van der Waals surface area contributed by atoms with E-state index in [-0.39, 0.29) is 18.9 Å². The van der Waals surface area contributed by atoms with Gasteiger partial charge in [-0.15, -0.1) is 0 Å². The lowest BCUT2D eigenvalue weighted by molar-refractivity contribution is -0.153. The van der Waals surface area contributed by atoms with Crippen molar-refractivity contribution in [3.05, 3.63) is 0 Å². The number of rotatable bonds is 6. The number of carbonyl (C=O) groups is 2. The number of aliphatic carboxylic acids is 1. The topological polar surface area (TPSA) is 107 Å². The zero-order valence-corrected chi connectivity index (χ0v) is 12.0. The molecule has 116 valence electrons. The van der Waals surface area contributed by atoms with Crippen LogP contribution in [0.2, 0.25) is 0 Å². The SMILES string of the molecule is CC(O)(CO)CNC(=O)CC1(C(=O)O)CCCCCC1. The van der Waals surface area contributed by atoms with E-state index in [4.69, 9.17) is 5.11 Å². The molecule has 0 aliphatic heterocycles. The summed E-state index contributed by atoms with van der Waals surface area (Å²) in [5.74, 6) is -1.30. The Hall–Kier alpha value is -1.14. The third-order valence-corrected chi connectivity index (χ3v) is 4.02. The van der Waals surface area contributed by atoms with Gasteiger partial charge in [-0.25, -0.2) is 0 Å². The molecule has 0 saturated heterocycles. The smallest absolute Gasteiger partial charge is 0.310 e. The predicted molar refractivity (Wildman–Crippen MR) is 73.1 cm³/mol. The third-order valence-electron chi connectivity index (χ3n) is 4.02. The van der Waals surface area contributed by atoms with Gasteiger partial charge in [0.25, 0.3) is 0 Å². The second kappa shape index (κ2) is 7.04. The van der Waals surface area contributed by atoms with E-state index >= 15 is 0 Å². The van der Waals surface area contributed by atoms with E-state index in [0.29, 0.717) is 12.8 Å². The lowest BCUT2D eigenvalue weighted by Gasteiger charge is -2.28. The fourth-order valence-electron chi connectivity index (χ4n) is 2.59. The summed E-state index contributed by atoms with van der Waals surface area (Å²) in [5, 5.41) is 30.5.